The topological polar surface area (TPSA) is 38.5 Å². The van der Waals surface area contributed by atoms with Crippen molar-refractivity contribution in [1.29, 1.82) is 0 Å². The molecule has 0 aliphatic carbocycles. The second kappa shape index (κ2) is 5.71. The summed E-state index contributed by atoms with van der Waals surface area (Å²) in [6, 6.07) is 0.379. The third-order valence-electron chi connectivity index (χ3n) is 2.77. The molecule has 4 heteroatoms. The van der Waals surface area contributed by atoms with E-state index in [4.69, 9.17) is 22.1 Å². The van der Waals surface area contributed by atoms with Crippen LogP contribution in [0, 0.1) is 0 Å². The molecule has 0 aromatic rings. The number of likely N-dealkylation sites (tertiary alicyclic amines) is 1. The fraction of sp³-hybridized carbons (Fsp3) is 0.800. The second-order valence-corrected chi connectivity index (χ2v) is 4.29. The Morgan fingerprint density at radius 2 is 2.43 bits per heavy atom. The molecule has 1 fully saturated rings. The number of piperidine rings is 1. The van der Waals surface area contributed by atoms with Crippen molar-refractivity contribution in [3.63, 3.8) is 0 Å². The first kappa shape index (κ1) is 12.0. The molecule has 2 atom stereocenters. The highest BCUT2D eigenvalue weighted by Crippen LogP contribution is 2.20. The average molecular weight is 219 g/mol. The van der Waals surface area contributed by atoms with E-state index in [1.807, 2.05) is 0 Å². The van der Waals surface area contributed by atoms with Gasteiger partial charge in [0, 0.05) is 37.8 Å². The van der Waals surface area contributed by atoms with Gasteiger partial charge in [0.05, 0.1) is 6.10 Å². The minimum absolute atomic E-state index is 0.350. The van der Waals surface area contributed by atoms with E-state index in [0.717, 1.165) is 25.9 Å². The summed E-state index contributed by atoms with van der Waals surface area (Å²) in [6.45, 7) is 6.09. The molecular weight excluding hydrogens is 200 g/mol. The molecule has 1 heterocycles. The molecule has 0 aromatic heterocycles. The summed E-state index contributed by atoms with van der Waals surface area (Å²) in [5, 5.41) is 0.680. The lowest BCUT2D eigenvalue weighted by Crippen LogP contribution is -2.48. The molecule has 0 spiro atoms. The van der Waals surface area contributed by atoms with Crippen molar-refractivity contribution < 1.29 is 4.74 Å². The average Bonchev–Trinajstić information content (AvgIpc) is 2.17. The number of nitrogens with zero attached hydrogens (tertiary/aromatic N) is 1. The summed E-state index contributed by atoms with van der Waals surface area (Å²) in [5.41, 5.74) is 5.72. The summed E-state index contributed by atoms with van der Waals surface area (Å²) in [6.07, 6.45) is 2.40. The molecule has 0 amide bonds. The largest absolute Gasteiger partial charge is 0.381 e. The van der Waals surface area contributed by atoms with Gasteiger partial charge in [-0.2, -0.15) is 0 Å². The monoisotopic (exact) mass is 218 g/mol. The normalized spacial score (nSPS) is 29.1. The van der Waals surface area contributed by atoms with Crippen LogP contribution in [0.25, 0.3) is 0 Å². The Morgan fingerprint density at radius 1 is 1.71 bits per heavy atom. The number of methoxy groups -OCH3 is 1. The van der Waals surface area contributed by atoms with Crippen molar-refractivity contribution in [2.24, 2.45) is 5.73 Å². The summed E-state index contributed by atoms with van der Waals surface area (Å²) in [5.74, 6) is 0. The van der Waals surface area contributed by atoms with E-state index in [-0.39, 0.29) is 0 Å². The zero-order valence-corrected chi connectivity index (χ0v) is 9.46. The van der Waals surface area contributed by atoms with Crippen LogP contribution in [-0.2, 0) is 4.74 Å². The number of nitrogens with two attached hydrogens (primary N) is 1. The van der Waals surface area contributed by atoms with E-state index in [0.29, 0.717) is 23.7 Å². The van der Waals surface area contributed by atoms with Crippen LogP contribution in [0.3, 0.4) is 0 Å². The van der Waals surface area contributed by atoms with Gasteiger partial charge in [0.25, 0.3) is 0 Å². The third-order valence-corrected chi connectivity index (χ3v) is 2.89. The van der Waals surface area contributed by atoms with Crippen LogP contribution < -0.4 is 5.73 Å². The first-order valence-corrected chi connectivity index (χ1v) is 5.35. The molecule has 1 rings (SSSR count). The van der Waals surface area contributed by atoms with E-state index in [9.17, 15) is 0 Å². The second-order valence-electron chi connectivity index (χ2n) is 3.76. The van der Waals surface area contributed by atoms with E-state index < -0.39 is 0 Å². The van der Waals surface area contributed by atoms with Crippen molar-refractivity contribution >= 4 is 11.6 Å². The van der Waals surface area contributed by atoms with Crippen LogP contribution in [0.15, 0.2) is 11.6 Å². The Balaban J connectivity index is 2.47. The SMILES string of the molecule is C=C(Cl)CN1CCC(OC)CC1CN. The summed E-state index contributed by atoms with van der Waals surface area (Å²) >= 11 is 5.80. The van der Waals surface area contributed by atoms with Gasteiger partial charge in [-0.3, -0.25) is 4.90 Å². The molecule has 0 saturated carbocycles. The Morgan fingerprint density at radius 3 is 2.93 bits per heavy atom. The first-order chi connectivity index (χ1) is 6.67. The maximum Gasteiger partial charge on any atom is 0.0599 e. The van der Waals surface area contributed by atoms with Gasteiger partial charge in [-0.25, -0.2) is 0 Å². The van der Waals surface area contributed by atoms with E-state index >= 15 is 0 Å². The molecular formula is C10H19ClN2O. The standard InChI is InChI=1S/C10H19ClN2O/c1-8(11)7-13-4-3-10(14-2)5-9(13)6-12/h9-10H,1,3-7,12H2,2H3. The third kappa shape index (κ3) is 3.24. The number of hydrogen-bond acceptors (Lipinski definition) is 3. The van der Waals surface area contributed by atoms with Crippen molar-refractivity contribution in [3.05, 3.63) is 11.6 Å². The number of halogens is 1. The number of rotatable bonds is 4. The Kier molecular flexibility index (Phi) is 4.89. The molecule has 2 N–H and O–H groups in total. The fourth-order valence-electron chi connectivity index (χ4n) is 1.95. The summed E-state index contributed by atoms with van der Waals surface area (Å²) in [4.78, 5) is 2.28. The lowest BCUT2D eigenvalue weighted by Gasteiger charge is -2.38. The molecule has 1 saturated heterocycles. The van der Waals surface area contributed by atoms with Gasteiger partial charge >= 0.3 is 0 Å². The minimum atomic E-state index is 0.350. The van der Waals surface area contributed by atoms with Crippen LogP contribution in [0.2, 0.25) is 0 Å². The van der Waals surface area contributed by atoms with Gasteiger partial charge in [-0.1, -0.05) is 18.2 Å². The predicted molar refractivity (Wildman–Crippen MR) is 59.4 cm³/mol. The zero-order chi connectivity index (χ0) is 10.6. The number of hydrogen-bond donors (Lipinski definition) is 1. The van der Waals surface area contributed by atoms with Crippen LogP contribution in [-0.4, -0.2) is 43.8 Å². The van der Waals surface area contributed by atoms with Crippen LogP contribution in [0.1, 0.15) is 12.8 Å². The maximum atomic E-state index is 5.80. The van der Waals surface area contributed by atoms with Gasteiger partial charge < -0.3 is 10.5 Å². The molecule has 0 aromatic carbocycles. The highest BCUT2D eigenvalue weighted by molar-refractivity contribution is 6.29. The minimum Gasteiger partial charge on any atom is -0.381 e. The predicted octanol–water partition coefficient (Wildman–Crippen LogP) is 1.18. The molecule has 0 radical (unpaired) electrons. The van der Waals surface area contributed by atoms with Gasteiger partial charge in [0.15, 0.2) is 0 Å². The van der Waals surface area contributed by atoms with Crippen LogP contribution in [0.5, 0.6) is 0 Å². The zero-order valence-electron chi connectivity index (χ0n) is 8.71. The van der Waals surface area contributed by atoms with Gasteiger partial charge in [-0.15, -0.1) is 0 Å². The van der Waals surface area contributed by atoms with Crippen molar-refractivity contribution in [3.8, 4) is 0 Å². The summed E-state index contributed by atoms with van der Waals surface area (Å²) < 4.78 is 5.34. The van der Waals surface area contributed by atoms with Crippen LogP contribution in [0.4, 0.5) is 0 Å². The molecule has 3 nitrogen and oxygen atoms in total. The van der Waals surface area contributed by atoms with Gasteiger partial charge in [0.1, 0.15) is 0 Å². The molecule has 82 valence electrons. The molecule has 2 unspecified atom stereocenters. The summed E-state index contributed by atoms with van der Waals surface area (Å²) in [7, 11) is 1.76. The molecule has 0 bridgehead atoms. The van der Waals surface area contributed by atoms with Gasteiger partial charge in [-0.05, 0) is 12.8 Å². The van der Waals surface area contributed by atoms with E-state index in [1.165, 1.54) is 0 Å². The lowest BCUT2D eigenvalue weighted by atomic mass is 9.99. The van der Waals surface area contributed by atoms with Crippen molar-refractivity contribution in [2.75, 3.05) is 26.7 Å². The maximum absolute atomic E-state index is 5.80. The Labute approximate surface area is 90.8 Å². The smallest absolute Gasteiger partial charge is 0.0599 e. The van der Waals surface area contributed by atoms with Crippen molar-refractivity contribution in [2.45, 2.75) is 25.0 Å². The fourth-order valence-corrected chi connectivity index (χ4v) is 2.10. The Bertz CT molecular complexity index is 199. The Hall–Kier alpha value is -0.0900. The quantitative estimate of drug-likeness (QED) is 0.770. The van der Waals surface area contributed by atoms with E-state index in [1.54, 1.807) is 7.11 Å². The van der Waals surface area contributed by atoms with Crippen molar-refractivity contribution in [1.82, 2.24) is 4.90 Å². The first-order valence-electron chi connectivity index (χ1n) is 4.97. The van der Waals surface area contributed by atoms with E-state index in [2.05, 4.69) is 11.5 Å². The lowest BCUT2D eigenvalue weighted by molar-refractivity contribution is 0.0174. The molecule has 1 aliphatic rings. The van der Waals surface area contributed by atoms with Crippen LogP contribution >= 0.6 is 11.6 Å². The highest BCUT2D eigenvalue weighted by Gasteiger charge is 2.27. The molecule has 1 aliphatic heterocycles. The molecule has 14 heavy (non-hydrogen) atoms. The number of ether oxygens (including phenoxy) is 1. The highest BCUT2D eigenvalue weighted by atomic mass is 35.5. The van der Waals surface area contributed by atoms with Gasteiger partial charge in [0.2, 0.25) is 0 Å².